The van der Waals surface area contributed by atoms with E-state index in [1.165, 1.54) is 0 Å². The zero-order valence-corrected chi connectivity index (χ0v) is 23.3. The van der Waals surface area contributed by atoms with E-state index in [0.717, 1.165) is 22.2 Å². The maximum absolute atomic E-state index is 12.9. The van der Waals surface area contributed by atoms with E-state index in [-0.39, 0.29) is 12.3 Å². The number of H-pyrrole nitrogens is 1. The van der Waals surface area contributed by atoms with Crippen LogP contribution in [0.15, 0.2) is 78.9 Å². The predicted octanol–water partition coefficient (Wildman–Crippen LogP) is 4.12. The number of fused-ring (bicyclic) bond motifs is 1. The highest BCUT2D eigenvalue weighted by Gasteiger charge is 2.38. The van der Waals surface area contributed by atoms with Gasteiger partial charge >= 0.3 is 12.1 Å². The number of hydrogen-bond acceptors (Lipinski definition) is 6. The number of nitrogens with one attached hydrogen (secondary N) is 3. The Morgan fingerprint density at radius 1 is 0.977 bits per heavy atom. The van der Waals surface area contributed by atoms with Gasteiger partial charge < -0.3 is 15.4 Å². The molecule has 1 aliphatic heterocycles. The molecule has 2 amide bonds. The molecule has 1 aromatic heterocycles. The number of aliphatic carboxylic acids is 1. The van der Waals surface area contributed by atoms with Crippen molar-refractivity contribution in [1.82, 2.24) is 20.0 Å². The third-order valence-corrected chi connectivity index (χ3v) is 8.29. The van der Waals surface area contributed by atoms with Crippen LogP contribution in [-0.4, -0.2) is 47.5 Å². The van der Waals surface area contributed by atoms with Crippen LogP contribution in [0.25, 0.3) is 11.0 Å². The van der Waals surface area contributed by atoms with E-state index in [4.69, 9.17) is 14.9 Å². The molecule has 0 radical (unpaired) electrons. The van der Waals surface area contributed by atoms with Gasteiger partial charge in [0.1, 0.15) is 11.1 Å². The first-order valence-electron chi connectivity index (χ1n) is 13.0. The Bertz CT molecular complexity index is 1670. The van der Waals surface area contributed by atoms with Crippen molar-refractivity contribution in [2.75, 3.05) is 0 Å². The van der Waals surface area contributed by atoms with E-state index in [9.17, 15) is 31.2 Å². The molecule has 0 unspecified atom stereocenters. The number of nitrogens with zero attached hydrogens (tertiary/aromatic N) is 1. The largest absolute Gasteiger partial charge is 0.490 e. The molecular formula is C29H27F3N4O6S. The lowest BCUT2D eigenvalue weighted by atomic mass is 10.0. The number of para-hydroxylation sites is 2. The van der Waals surface area contributed by atoms with Gasteiger partial charge in [0.15, 0.2) is 0 Å². The Labute approximate surface area is 244 Å². The molecule has 4 aromatic rings. The van der Waals surface area contributed by atoms with Crippen molar-refractivity contribution in [2.45, 2.75) is 43.2 Å². The second-order valence-electron chi connectivity index (χ2n) is 9.76. The van der Waals surface area contributed by atoms with Gasteiger partial charge in [0.25, 0.3) is 0 Å². The number of imidazole rings is 1. The van der Waals surface area contributed by atoms with E-state index >= 15 is 0 Å². The number of hydrogen-bond donors (Lipinski definition) is 4. The number of rotatable bonds is 8. The number of alkyl halides is 3. The Balaban J connectivity index is 0.000000541. The molecule has 43 heavy (non-hydrogen) atoms. The molecule has 1 aliphatic rings. The smallest absolute Gasteiger partial charge is 0.475 e. The van der Waals surface area contributed by atoms with Gasteiger partial charge in [0.05, 0.1) is 23.5 Å². The molecule has 2 atom stereocenters. The Morgan fingerprint density at radius 2 is 1.60 bits per heavy atom. The molecule has 4 N–H and O–H groups in total. The Hall–Kier alpha value is -4.72. The van der Waals surface area contributed by atoms with Crippen LogP contribution in [0.5, 0.6) is 0 Å². The van der Waals surface area contributed by atoms with E-state index in [1.54, 1.807) is 12.1 Å². The van der Waals surface area contributed by atoms with E-state index < -0.39 is 39.4 Å². The normalized spacial score (nSPS) is 16.5. The second kappa shape index (κ2) is 13.1. The maximum Gasteiger partial charge on any atom is 0.490 e. The lowest BCUT2D eigenvalue weighted by Gasteiger charge is -2.18. The van der Waals surface area contributed by atoms with Gasteiger partial charge in [-0.05, 0) is 41.7 Å². The predicted molar refractivity (Wildman–Crippen MR) is 150 cm³/mol. The molecule has 5 rings (SSSR count). The van der Waals surface area contributed by atoms with Gasteiger partial charge in [-0.3, -0.25) is 14.3 Å². The topological polar surface area (TPSA) is 158 Å². The van der Waals surface area contributed by atoms with E-state index in [2.05, 4.69) is 10.3 Å². The van der Waals surface area contributed by atoms with Crippen LogP contribution in [0, 0.1) is 0 Å². The Kier molecular flexibility index (Phi) is 9.49. The zero-order chi connectivity index (χ0) is 31.2. The van der Waals surface area contributed by atoms with Crippen molar-refractivity contribution in [3.63, 3.8) is 0 Å². The first-order valence-corrected chi connectivity index (χ1v) is 14.6. The minimum absolute atomic E-state index is 0.0810. The third-order valence-electron chi connectivity index (χ3n) is 6.59. The minimum atomic E-state index is -5.08. The maximum atomic E-state index is 12.9. The van der Waals surface area contributed by atoms with Crippen molar-refractivity contribution in [3.05, 3.63) is 101 Å². The number of carbonyl (C=O) groups excluding carboxylic acids is 2. The molecule has 2 heterocycles. The van der Waals surface area contributed by atoms with Crippen molar-refractivity contribution in [2.24, 2.45) is 0 Å². The summed E-state index contributed by atoms with van der Waals surface area (Å²) in [5, 5.41) is 9.36. The summed E-state index contributed by atoms with van der Waals surface area (Å²) in [7, 11) is -3.70. The number of aryl methyl sites for hydroxylation is 1. The highest BCUT2D eigenvalue weighted by Crippen LogP contribution is 2.30. The van der Waals surface area contributed by atoms with Crippen LogP contribution in [0.2, 0.25) is 0 Å². The number of carbonyl (C=O) groups is 3. The molecular weight excluding hydrogens is 589 g/mol. The highest BCUT2D eigenvalue weighted by atomic mass is 32.2. The van der Waals surface area contributed by atoms with Crippen LogP contribution in [0.1, 0.15) is 46.6 Å². The molecule has 226 valence electrons. The van der Waals surface area contributed by atoms with Crippen LogP contribution >= 0.6 is 0 Å². The van der Waals surface area contributed by atoms with Crippen molar-refractivity contribution in [3.8, 4) is 0 Å². The fourth-order valence-corrected chi connectivity index (χ4v) is 5.90. The molecule has 1 fully saturated rings. The third kappa shape index (κ3) is 8.41. The van der Waals surface area contributed by atoms with Crippen molar-refractivity contribution < 1.29 is 41.1 Å². The summed E-state index contributed by atoms with van der Waals surface area (Å²) in [4.78, 5) is 41.4. The SMILES string of the molecule is O=C(CCc1ccccc1)N[C@@H](Cc1ccc([C@@H]2CC(=O)NS2(=O)=O)cc1)c1nc2ccccc2[nH]1.O=C(O)C(F)(F)F. The van der Waals surface area contributed by atoms with Gasteiger partial charge in [-0.1, -0.05) is 66.7 Å². The molecule has 0 spiro atoms. The number of benzene rings is 3. The van der Waals surface area contributed by atoms with E-state index in [0.29, 0.717) is 30.7 Å². The number of aromatic nitrogens is 2. The van der Waals surface area contributed by atoms with Crippen LogP contribution in [0.3, 0.4) is 0 Å². The summed E-state index contributed by atoms with van der Waals surface area (Å²) >= 11 is 0. The number of carboxylic acids is 1. The summed E-state index contributed by atoms with van der Waals surface area (Å²) in [5.74, 6) is -2.68. The summed E-state index contributed by atoms with van der Waals surface area (Å²) in [5.41, 5.74) is 4.26. The number of aromatic amines is 1. The number of amides is 2. The van der Waals surface area contributed by atoms with Crippen LogP contribution < -0.4 is 10.0 Å². The molecule has 0 aliphatic carbocycles. The molecule has 10 nitrogen and oxygen atoms in total. The zero-order valence-electron chi connectivity index (χ0n) is 22.5. The fourth-order valence-electron chi connectivity index (χ4n) is 4.47. The first-order chi connectivity index (χ1) is 20.3. The van der Waals surface area contributed by atoms with E-state index in [1.807, 2.05) is 71.5 Å². The van der Waals surface area contributed by atoms with Crippen molar-refractivity contribution >= 4 is 38.8 Å². The lowest BCUT2D eigenvalue weighted by Crippen LogP contribution is -2.31. The summed E-state index contributed by atoms with van der Waals surface area (Å²) < 4.78 is 58.2. The fraction of sp³-hybridized carbons (Fsp3) is 0.241. The molecule has 0 saturated carbocycles. The first kappa shape index (κ1) is 31.2. The molecule has 0 bridgehead atoms. The quantitative estimate of drug-likeness (QED) is 0.232. The van der Waals surface area contributed by atoms with Gasteiger partial charge in [0, 0.05) is 6.42 Å². The van der Waals surface area contributed by atoms with Gasteiger partial charge in [-0.25, -0.2) is 18.2 Å². The second-order valence-corrected chi connectivity index (χ2v) is 11.6. The monoisotopic (exact) mass is 616 g/mol. The van der Waals surface area contributed by atoms with Gasteiger partial charge in [0.2, 0.25) is 21.8 Å². The standard InChI is InChI=1S/C27H26N4O4S.C2HF3O2/c32-25(15-12-18-6-2-1-3-7-18)28-23(27-29-21-8-4-5-9-22(21)30-27)16-19-10-13-20(14-11-19)24-17-26(33)31-36(24,34)35;3-2(4,5)1(6)7/h1-11,13-14,23-24H,12,15-17H2,(H,28,32)(H,29,30)(H,31,33);(H,6,7)/t23-,24-;/m0./s1. The van der Waals surface area contributed by atoms with Gasteiger partial charge in [-0.15, -0.1) is 0 Å². The summed E-state index contributed by atoms with van der Waals surface area (Å²) in [6.45, 7) is 0. The Morgan fingerprint density at radius 3 is 2.19 bits per heavy atom. The molecule has 14 heteroatoms. The van der Waals surface area contributed by atoms with Crippen LogP contribution in [0.4, 0.5) is 13.2 Å². The average Bonchev–Trinajstić information content (AvgIpc) is 3.51. The summed E-state index contributed by atoms with van der Waals surface area (Å²) in [6, 6.07) is 24.3. The number of carboxylic acid groups (broad SMARTS) is 1. The van der Waals surface area contributed by atoms with Crippen LogP contribution in [-0.2, 0) is 37.2 Å². The molecule has 3 aromatic carbocycles. The minimum Gasteiger partial charge on any atom is -0.475 e. The van der Waals surface area contributed by atoms with Crippen molar-refractivity contribution in [1.29, 1.82) is 0 Å². The van der Waals surface area contributed by atoms with Gasteiger partial charge in [-0.2, -0.15) is 13.2 Å². The molecule has 1 saturated heterocycles. The number of sulfonamides is 1. The lowest BCUT2D eigenvalue weighted by molar-refractivity contribution is -0.192. The average molecular weight is 617 g/mol. The highest BCUT2D eigenvalue weighted by molar-refractivity contribution is 7.90. The number of halogens is 3. The summed E-state index contributed by atoms with van der Waals surface area (Å²) in [6.07, 6.45) is -3.72.